The Bertz CT molecular complexity index is 558. The lowest BCUT2D eigenvalue weighted by Gasteiger charge is -2.14. The van der Waals surface area contributed by atoms with Gasteiger partial charge in [0, 0.05) is 17.8 Å². The Labute approximate surface area is 134 Å². The molecular formula is C16H20ClNO2S. The largest absolute Gasteiger partial charge is 0.493 e. The van der Waals surface area contributed by atoms with Gasteiger partial charge in [0.05, 0.1) is 18.7 Å². The fraction of sp³-hybridized carbons (Fsp3) is 0.375. The van der Waals surface area contributed by atoms with Crippen molar-refractivity contribution in [3.63, 3.8) is 0 Å². The summed E-state index contributed by atoms with van der Waals surface area (Å²) in [6.07, 6.45) is 0.871. The van der Waals surface area contributed by atoms with Gasteiger partial charge in [-0.15, -0.1) is 11.3 Å². The van der Waals surface area contributed by atoms with E-state index >= 15 is 0 Å². The topological polar surface area (TPSA) is 30.5 Å². The first-order valence-corrected chi connectivity index (χ1v) is 8.22. The van der Waals surface area contributed by atoms with E-state index in [1.54, 1.807) is 18.4 Å². The molecule has 1 aromatic carbocycles. The van der Waals surface area contributed by atoms with E-state index in [1.165, 1.54) is 4.88 Å². The van der Waals surface area contributed by atoms with Crippen molar-refractivity contribution in [2.75, 3.05) is 20.3 Å². The van der Waals surface area contributed by atoms with Crippen LogP contribution >= 0.6 is 22.9 Å². The molecule has 0 aliphatic rings. The second-order valence-electron chi connectivity index (χ2n) is 4.57. The molecule has 1 aromatic heterocycles. The maximum Gasteiger partial charge on any atom is 0.179 e. The van der Waals surface area contributed by atoms with E-state index in [0.717, 1.165) is 25.1 Å². The number of halogens is 1. The Morgan fingerprint density at radius 3 is 2.86 bits per heavy atom. The second kappa shape index (κ2) is 8.27. The van der Waals surface area contributed by atoms with E-state index in [1.807, 2.05) is 18.2 Å². The smallest absolute Gasteiger partial charge is 0.179 e. The van der Waals surface area contributed by atoms with Gasteiger partial charge >= 0.3 is 0 Å². The van der Waals surface area contributed by atoms with Crippen molar-refractivity contribution >= 4 is 22.9 Å². The Kier molecular flexibility index (Phi) is 6.36. The average Bonchev–Trinajstić information content (AvgIpc) is 3.00. The van der Waals surface area contributed by atoms with Crippen LogP contribution in [-0.4, -0.2) is 20.3 Å². The molecule has 3 nitrogen and oxygen atoms in total. The zero-order chi connectivity index (χ0) is 15.1. The molecule has 0 atom stereocenters. The number of nitrogens with one attached hydrogen (secondary N) is 1. The molecule has 0 radical (unpaired) electrons. The van der Waals surface area contributed by atoms with Crippen molar-refractivity contribution in [2.24, 2.45) is 0 Å². The van der Waals surface area contributed by atoms with Crippen LogP contribution in [0.4, 0.5) is 0 Å². The summed E-state index contributed by atoms with van der Waals surface area (Å²) >= 11 is 8.05. The van der Waals surface area contributed by atoms with Crippen LogP contribution in [0.5, 0.6) is 11.5 Å². The van der Waals surface area contributed by atoms with E-state index < -0.39 is 0 Å². The van der Waals surface area contributed by atoms with Crippen LogP contribution in [0, 0.1) is 0 Å². The van der Waals surface area contributed by atoms with Crippen molar-refractivity contribution in [3.8, 4) is 11.5 Å². The first-order valence-electron chi connectivity index (χ1n) is 6.97. The SMILES string of the molecule is CCNCc1cc(Cl)c(OCCc2cccs2)c(OC)c1. The van der Waals surface area contributed by atoms with E-state index in [4.69, 9.17) is 21.1 Å². The number of benzene rings is 1. The quantitative estimate of drug-likeness (QED) is 0.791. The highest BCUT2D eigenvalue weighted by Gasteiger charge is 2.12. The summed E-state index contributed by atoms with van der Waals surface area (Å²) in [4.78, 5) is 1.30. The Morgan fingerprint density at radius 1 is 1.33 bits per heavy atom. The maximum absolute atomic E-state index is 6.32. The van der Waals surface area contributed by atoms with Gasteiger partial charge < -0.3 is 14.8 Å². The zero-order valence-corrected chi connectivity index (χ0v) is 13.9. The van der Waals surface area contributed by atoms with E-state index in [0.29, 0.717) is 23.1 Å². The van der Waals surface area contributed by atoms with Gasteiger partial charge in [0.25, 0.3) is 0 Å². The van der Waals surface area contributed by atoms with Gasteiger partial charge in [0.1, 0.15) is 0 Å². The molecule has 0 bridgehead atoms. The van der Waals surface area contributed by atoms with Gasteiger partial charge in [0.15, 0.2) is 11.5 Å². The standard InChI is InChI=1S/C16H20ClNO2S/c1-3-18-11-12-9-14(17)16(15(10-12)19-2)20-7-6-13-5-4-8-21-13/h4-5,8-10,18H,3,6-7,11H2,1-2H3. The van der Waals surface area contributed by atoms with E-state index in [-0.39, 0.29) is 0 Å². The molecule has 1 N–H and O–H groups in total. The van der Waals surface area contributed by atoms with Gasteiger partial charge in [-0.3, -0.25) is 0 Å². The molecule has 0 amide bonds. The molecular weight excluding hydrogens is 306 g/mol. The second-order valence-corrected chi connectivity index (χ2v) is 6.01. The summed E-state index contributed by atoms with van der Waals surface area (Å²) in [5, 5.41) is 5.93. The molecule has 0 spiro atoms. The first kappa shape index (κ1) is 16.1. The highest BCUT2D eigenvalue weighted by Crippen LogP contribution is 2.36. The molecule has 0 aliphatic carbocycles. The normalized spacial score (nSPS) is 10.6. The lowest BCUT2D eigenvalue weighted by atomic mass is 10.2. The van der Waals surface area contributed by atoms with Crippen molar-refractivity contribution in [2.45, 2.75) is 19.9 Å². The van der Waals surface area contributed by atoms with Gasteiger partial charge in [-0.2, -0.15) is 0 Å². The lowest BCUT2D eigenvalue weighted by Crippen LogP contribution is -2.12. The molecule has 0 fully saturated rings. The van der Waals surface area contributed by atoms with Crippen molar-refractivity contribution in [3.05, 3.63) is 45.1 Å². The summed E-state index contributed by atoms with van der Waals surface area (Å²) < 4.78 is 11.2. The van der Waals surface area contributed by atoms with Crippen molar-refractivity contribution < 1.29 is 9.47 Å². The van der Waals surface area contributed by atoms with Gasteiger partial charge in [0.2, 0.25) is 0 Å². The van der Waals surface area contributed by atoms with Gasteiger partial charge in [-0.25, -0.2) is 0 Å². The minimum atomic E-state index is 0.586. The molecule has 114 valence electrons. The maximum atomic E-state index is 6.32. The fourth-order valence-electron chi connectivity index (χ4n) is 1.99. The number of hydrogen-bond donors (Lipinski definition) is 1. The summed E-state index contributed by atoms with van der Waals surface area (Å²) in [7, 11) is 1.63. The number of rotatable bonds is 8. The Hall–Kier alpha value is -1.23. The molecule has 0 saturated heterocycles. The molecule has 2 aromatic rings. The van der Waals surface area contributed by atoms with Crippen LogP contribution in [0.2, 0.25) is 5.02 Å². The minimum absolute atomic E-state index is 0.586. The van der Waals surface area contributed by atoms with Crippen LogP contribution < -0.4 is 14.8 Å². The zero-order valence-electron chi connectivity index (χ0n) is 12.3. The minimum Gasteiger partial charge on any atom is -0.493 e. The number of hydrogen-bond acceptors (Lipinski definition) is 4. The van der Waals surface area contributed by atoms with Crippen LogP contribution in [0.25, 0.3) is 0 Å². The number of methoxy groups -OCH3 is 1. The fourth-order valence-corrected chi connectivity index (χ4v) is 2.97. The molecule has 21 heavy (non-hydrogen) atoms. The molecule has 1 heterocycles. The average molecular weight is 326 g/mol. The van der Waals surface area contributed by atoms with Crippen molar-refractivity contribution in [1.29, 1.82) is 0 Å². The third kappa shape index (κ3) is 4.63. The predicted octanol–water partition coefficient (Wildman–Crippen LogP) is 4.14. The highest BCUT2D eigenvalue weighted by molar-refractivity contribution is 7.09. The summed E-state index contributed by atoms with van der Waals surface area (Å²) in [6.45, 7) is 4.34. The monoisotopic (exact) mass is 325 g/mol. The molecule has 0 saturated carbocycles. The van der Waals surface area contributed by atoms with Gasteiger partial charge in [-0.05, 0) is 35.7 Å². The summed E-state index contributed by atoms with van der Waals surface area (Å²) in [6, 6.07) is 8.04. The molecule has 2 rings (SSSR count). The van der Waals surface area contributed by atoms with E-state index in [2.05, 4.69) is 23.7 Å². The van der Waals surface area contributed by atoms with Crippen LogP contribution in [0.15, 0.2) is 29.6 Å². The number of ether oxygens (including phenoxy) is 2. The third-order valence-electron chi connectivity index (χ3n) is 3.04. The molecule has 5 heteroatoms. The Morgan fingerprint density at radius 2 is 2.19 bits per heavy atom. The molecule has 0 unspecified atom stereocenters. The predicted molar refractivity (Wildman–Crippen MR) is 88.9 cm³/mol. The van der Waals surface area contributed by atoms with E-state index in [9.17, 15) is 0 Å². The first-order chi connectivity index (χ1) is 10.2. The third-order valence-corrected chi connectivity index (χ3v) is 4.26. The molecule has 0 aliphatic heterocycles. The Balaban J connectivity index is 2.03. The highest BCUT2D eigenvalue weighted by atomic mass is 35.5. The summed E-state index contributed by atoms with van der Waals surface area (Å²) in [5.74, 6) is 1.30. The summed E-state index contributed by atoms with van der Waals surface area (Å²) in [5.41, 5.74) is 1.09. The van der Waals surface area contributed by atoms with Crippen LogP contribution in [0.3, 0.4) is 0 Å². The van der Waals surface area contributed by atoms with Gasteiger partial charge in [-0.1, -0.05) is 24.6 Å². The number of thiophene rings is 1. The van der Waals surface area contributed by atoms with Crippen LogP contribution in [-0.2, 0) is 13.0 Å². The van der Waals surface area contributed by atoms with Crippen LogP contribution in [0.1, 0.15) is 17.4 Å². The lowest BCUT2D eigenvalue weighted by molar-refractivity contribution is 0.298. The van der Waals surface area contributed by atoms with Crippen molar-refractivity contribution in [1.82, 2.24) is 5.32 Å².